The van der Waals surface area contributed by atoms with Crippen molar-refractivity contribution in [1.82, 2.24) is 11.0 Å². The standard InChI is InChI=1S/C14H20N2O4/c17-13(15-19)10-6-1-2-7-11-14(18)16-20-12-8-4-3-5-9-12/h3-5,8-9,19H,1-2,6-7,10-11H2,(H,15,17)(H,16,18). The first-order valence-corrected chi connectivity index (χ1v) is 6.66. The molecule has 0 saturated carbocycles. The molecule has 6 heteroatoms. The fourth-order valence-corrected chi connectivity index (χ4v) is 1.64. The number of amides is 2. The second-order valence-corrected chi connectivity index (χ2v) is 4.39. The van der Waals surface area contributed by atoms with Gasteiger partial charge in [0.05, 0.1) is 0 Å². The molecule has 0 heterocycles. The average Bonchev–Trinajstić information content (AvgIpc) is 2.49. The van der Waals surface area contributed by atoms with Crippen molar-refractivity contribution in [2.24, 2.45) is 0 Å². The molecule has 110 valence electrons. The van der Waals surface area contributed by atoms with E-state index in [1.165, 1.54) is 0 Å². The Morgan fingerprint density at radius 2 is 1.55 bits per heavy atom. The molecule has 0 radical (unpaired) electrons. The van der Waals surface area contributed by atoms with Crippen molar-refractivity contribution in [2.45, 2.75) is 38.5 Å². The van der Waals surface area contributed by atoms with E-state index in [2.05, 4.69) is 5.48 Å². The maximum absolute atomic E-state index is 11.5. The largest absolute Gasteiger partial charge is 0.380 e. The number of benzene rings is 1. The number of carbonyl (C=O) groups is 2. The summed E-state index contributed by atoms with van der Waals surface area (Å²) in [5, 5.41) is 8.30. The lowest BCUT2D eigenvalue weighted by molar-refractivity contribution is -0.129. The highest BCUT2D eigenvalue weighted by molar-refractivity contribution is 5.75. The topological polar surface area (TPSA) is 87.7 Å². The Labute approximate surface area is 118 Å². The third kappa shape index (κ3) is 7.38. The predicted octanol–water partition coefficient (Wildman–Crippen LogP) is 1.94. The second-order valence-electron chi connectivity index (χ2n) is 4.39. The van der Waals surface area contributed by atoms with Crippen LogP contribution in [0, 0.1) is 0 Å². The first-order chi connectivity index (χ1) is 9.72. The molecule has 0 unspecified atom stereocenters. The van der Waals surface area contributed by atoms with Gasteiger partial charge in [0.15, 0.2) is 5.75 Å². The lowest BCUT2D eigenvalue weighted by atomic mass is 10.1. The highest BCUT2D eigenvalue weighted by atomic mass is 16.7. The fourth-order valence-electron chi connectivity index (χ4n) is 1.64. The zero-order chi connectivity index (χ0) is 14.6. The van der Waals surface area contributed by atoms with Crippen molar-refractivity contribution in [3.05, 3.63) is 30.3 Å². The minimum absolute atomic E-state index is 0.165. The number of rotatable bonds is 9. The molecule has 20 heavy (non-hydrogen) atoms. The van der Waals surface area contributed by atoms with Crippen LogP contribution in [0.25, 0.3) is 0 Å². The van der Waals surface area contributed by atoms with Gasteiger partial charge in [-0.15, -0.1) is 0 Å². The molecule has 0 aromatic heterocycles. The number of hydroxylamine groups is 2. The molecule has 1 aromatic carbocycles. The summed E-state index contributed by atoms with van der Waals surface area (Å²) in [6.45, 7) is 0. The summed E-state index contributed by atoms with van der Waals surface area (Å²) in [5.41, 5.74) is 3.97. The fraction of sp³-hybridized carbons (Fsp3) is 0.429. The van der Waals surface area contributed by atoms with Crippen LogP contribution >= 0.6 is 0 Å². The van der Waals surface area contributed by atoms with Crippen LogP contribution in [0.3, 0.4) is 0 Å². The molecule has 6 nitrogen and oxygen atoms in total. The van der Waals surface area contributed by atoms with Gasteiger partial charge in [-0.2, -0.15) is 5.48 Å². The number of para-hydroxylation sites is 1. The number of hydrogen-bond acceptors (Lipinski definition) is 4. The molecule has 3 N–H and O–H groups in total. The molecule has 2 amide bonds. The van der Waals surface area contributed by atoms with Gasteiger partial charge in [-0.05, 0) is 25.0 Å². The van der Waals surface area contributed by atoms with E-state index in [0.29, 0.717) is 25.0 Å². The van der Waals surface area contributed by atoms with Crippen LogP contribution in [0.15, 0.2) is 30.3 Å². The Bertz CT molecular complexity index is 409. The van der Waals surface area contributed by atoms with Gasteiger partial charge in [-0.25, -0.2) is 5.48 Å². The van der Waals surface area contributed by atoms with Crippen molar-refractivity contribution in [3.63, 3.8) is 0 Å². The number of nitrogens with one attached hydrogen (secondary N) is 2. The van der Waals surface area contributed by atoms with Crippen LogP contribution in [-0.4, -0.2) is 17.0 Å². The van der Waals surface area contributed by atoms with Crippen LogP contribution in [0.1, 0.15) is 38.5 Å². The normalized spacial score (nSPS) is 9.85. The third-order valence-corrected chi connectivity index (χ3v) is 2.71. The lowest BCUT2D eigenvalue weighted by Crippen LogP contribution is -2.26. The molecule has 0 aliphatic heterocycles. The van der Waals surface area contributed by atoms with Crippen LogP contribution < -0.4 is 15.8 Å². The van der Waals surface area contributed by atoms with Gasteiger partial charge in [0.1, 0.15) is 0 Å². The molecule has 0 fully saturated rings. The van der Waals surface area contributed by atoms with Crippen LogP contribution in [-0.2, 0) is 9.59 Å². The van der Waals surface area contributed by atoms with Crippen molar-refractivity contribution < 1.29 is 19.6 Å². The van der Waals surface area contributed by atoms with E-state index in [1.54, 1.807) is 17.6 Å². The summed E-state index contributed by atoms with van der Waals surface area (Å²) in [7, 11) is 0. The number of unbranched alkanes of at least 4 members (excludes halogenated alkanes) is 3. The van der Waals surface area contributed by atoms with E-state index in [4.69, 9.17) is 10.0 Å². The molecule has 0 saturated heterocycles. The lowest BCUT2D eigenvalue weighted by Gasteiger charge is -2.06. The van der Waals surface area contributed by atoms with Crippen LogP contribution in [0.5, 0.6) is 5.75 Å². The Morgan fingerprint density at radius 1 is 0.950 bits per heavy atom. The molecule has 0 spiro atoms. The molecular formula is C14H20N2O4. The van der Waals surface area contributed by atoms with Crippen molar-refractivity contribution in [1.29, 1.82) is 0 Å². The number of carbonyl (C=O) groups excluding carboxylic acids is 2. The predicted molar refractivity (Wildman–Crippen MR) is 72.8 cm³/mol. The quantitative estimate of drug-likeness (QED) is 0.366. The van der Waals surface area contributed by atoms with Crippen LogP contribution in [0.2, 0.25) is 0 Å². The highest BCUT2D eigenvalue weighted by Crippen LogP contribution is 2.08. The van der Waals surface area contributed by atoms with Gasteiger partial charge in [-0.3, -0.25) is 14.8 Å². The summed E-state index contributed by atoms with van der Waals surface area (Å²) in [6, 6.07) is 9.03. The van der Waals surface area contributed by atoms with Crippen molar-refractivity contribution in [3.8, 4) is 5.75 Å². The Morgan fingerprint density at radius 3 is 2.15 bits per heavy atom. The van der Waals surface area contributed by atoms with E-state index in [1.807, 2.05) is 18.2 Å². The van der Waals surface area contributed by atoms with E-state index in [9.17, 15) is 9.59 Å². The Hall–Kier alpha value is -2.08. The second kappa shape index (κ2) is 9.80. The van der Waals surface area contributed by atoms with Crippen molar-refractivity contribution >= 4 is 11.8 Å². The maximum atomic E-state index is 11.5. The van der Waals surface area contributed by atoms with Crippen molar-refractivity contribution in [2.75, 3.05) is 0 Å². The smallest absolute Gasteiger partial charge is 0.252 e. The Kier molecular flexibility index (Phi) is 7.83. The number of hydrogen-bond donors (Lipinski definition) is 3. The molecule has 1 aromatic rings. The van der Waals surface area contributed by atoms with Gasteiger partial charge in [0.2, 0.25) is 5.91 Å². The van der Waals surface area contributed by atoms with Gasteiger partial charge in [0.25, 0.3) is 5.91 Å². The SMILES string of the molecule is O=C(CCCCCCC(=O)NOc1ccccc1)NO. The first-order valence-electron chi connectivity index (χ1n) is 6.66. The zero-order valence-corrected chi connectivity index (χ0v) is 11.3. The van der Waals surface area contributed by atoms with E-state index in [0.717, 1.165) is 19.3 Å². The molecule has 0 atom stereocenters. The summed E-state index contributed by atoms with van der Waals surface area (Å²) < 4.78 is 0. The maximum Gasteiger partial charge on any atom is 0.252 e. The minimum atomic E-state index is -0.376. The van der Waals surface area contributed by atoms with Gasteiger partial charge in [0, 0.05) is 12.8 Å². The molecular weight excluding hydrogens is 260 g/mol. The summed E-state index contributed by atoms with van der Waals surface area (Å²) in [5.74, 6) is 0.0526. The third-order valence-electron chi connectivity index (χ3n) is 2.71. The van der Waals surface area contributed by atoms with E-state index >= 15 is 0 Å². The highest BCUT2D eigenvalue weighted by Gasteiger charge is 2.03. The van der Waals surface area contributed by atoms with Crippen LogP contribution in [0.4, 0.5) is 0 Å². The summed E-state index contributed by atoms with van der Waals surface area (Å²) in [6.07, 6.45) is 3.84. The summed E-state index contributed by atoms with van der Waals surface area (Å²) >= 11 is 0. The monoisotopic (exact) mass is 280 g/mol. The zero-order valence-electron chi connectivity index (χ0n) is 11.3. The Balaban J connectivity index is 1.99. The average molecular weight is 280 g/mol. The van der Waals surface area contributed by atoms with E-state index < -0.39 is 0 Å². The van der Waals surface area contributed by atoms with Gasteiger partial charge < -0.3 is 4.84 Å². The minimum Gasteiger partial charge on any atom is -0.380 e. The molecule has 0 aliphatic rings. The van der Waals surface area contributed by atoms with E-state index in [-0.39, 0.29) is 11.8 Å². The summed E-state index contributed by atoms with van der Waals surface area (Å²) in [4.78, 5) is 27.3. The molecule has 0 aliphatic carbocycles. The molecule has 1 rings (SSSR count). The first kappa shape index (κ1) is 16.0. The molecule has 0 bridgehead atoms. The van der Waals surface area contributed by atoms with Gasteiger partial charge >= 0.3 is 0 Å². The van der Waals surface area contributed by atoms with Gasteiger partial charge in [-0.1, -0.05) is 31.0 Å².